The van der Waals surface area contributed by atoms with Crippen molar-refractivity contribution in [1.29, 1.82) is 0 Å². The van der Waals surface area contributed by atoms with Crippen molar-refractivity contribution in [3.05, 3.63) is 84.5 Å². The summed E-state index contributed by atoms with van der Waals surface area (Å²) in [6, 6.07) is 1.95. The summed E-state index contributed by atoms with van der Waals surface area (Å²) in [7, 11) is 5.39. The van der Waals surface area contributed by atoms with Crippen molar-refractivity contribution >= 4 is 81.3 Å². The Morgan fingerprint density at radius 3 is 1.20 bits per heavy atom. The molecule has 0 saturated carbocycles. The summed E-state index contributed by atoms with van der Waals surface area (Å²) >= 11 is 0. The van der Waals surface area contributed by atoms with Gasteiger partial charge in [0.2, 0.25) is 35.4 Å². The van der Waals surface area contributed by atoms with E-state index in [1.807, 2.05) is 27.7 Å². The Kier molecular flexibility index (Phi) is 20.1. The van der Waals surface area contributed by atoms with Gasteiger partial charge in [0, 0.05) is 28.2 Å². The van der Waals surface area contributed by atoms with Crippen LogP contribution in [0.1, 0.15) is 89.2 Å². The lowest BCUT2D eigenvalue weighted by Crippen LogP contribution is -2.60. The van der Waals surface area contributed by atoms with Crippen molar-refractivity contribution in [2.45, 2.75) is 117 Å². The summed E-state index contributed by atoms with van der Waals surface area (Å²) < 4.78 is 11.7. The number of benzene rings is 2. The molecule has 2 bridgehead atoms. The smallest absolute Gasteiger partial charge is 0.329 e. The van der Waals surface area contributed by atoms with E-state index >= 15 is 9.59 Å². The number of carbonyl (C=O) groups excluding carboxylic acids is 10. The average molecular weight is 1110 g/mol. The highest BCUT2D eigenvalue weighted by molar-refractivity contribution is 6.01. The third kappa shape index (κ3) is 14.0. The first-order chi connectivity index (χ1) is 37.8. The first kappa shape index (κ1) is 60.8. The SMILES string of the molecule is CC(C)C(C)[C@H]1C(=O)OC[C@@H](NC(=O)c2cnc3ccccc3n2)C(=O)N[C@@H](C)C(=O)N(C)[C@H]2C/C=C\C[C@@H](C(=O)N1C)N(C)C(=O)[C@H](C)NC(=O)[C@H](NC(=O)c1cnc3ccccc3n1)COC(=O)[C@H](C(C)C(C)C)N(C)C2=O. The molecule has 2 unspecified atom stereocenters. The number of aromatic nitrogens is 4. The van der Waals surface area contributed by atoms with E-state index in [-0.39, 0.29) is 36.1 Å². The molecule has 0 saturated heterocycles. The van der Waals surface area contributed by atoms with Crippen molar-refractivity contribution < 1.29 is 57.4 Å². The molecule has 0 fully saturated rings. The number of para-hydroxylation sites is 4. The fraction of sp³-hybridized carbons (Fsp3) is 0.500. The highest BCUT2D eigenvalue weighted by Crippen LogP contribution is 2.26. The fourth-order valence-electron chi connectivity index (χ4n) is 9.36. The minimum atomic E-state index is -1.67. The number of rotatable bonds is 8. The highest BCUT2D eigenvalue weighted by Gasteiger charge is 2.43. The van der Waals surface area contributed by atoms with Crippen LogP contribution >= 0.6 is 0 Å². The number of hydrogen-bond donors (Lipinski definition) is 4. The standard InChI is InChI=1S/C56H72N12O12/c1-29(2)31(5)45-55(77)79-27-41(63-47(69)39-25-57-35-19-13-15-21-37(35)61-39)49(71)59-34(8)52(74)66(10)44-24-18-17-23-43(53(75)67(45)11)65(9)51(73)33(7)60-50(72)42(28-80-56(78)46(32(6)30(3)4)68(12)54(44)76)64-48(70)40-26-58-36-20-14-16-22-38(36)62-40/h13-22,25-26,29-34,41-46H,23-24,27-28H2,1-12H3,(H,59,71)(H,60,72)(H,63,69)(H,64,70)/b18-17-/t31?,32?,33-,34-,41+,42+,43-,44-,45-,46-/m0/s1. The second-order valence-electron chi connectivity index (χ2n) is 21.1. The number of nitrogens with one attached hydrogen (secondary N) is 4. The lowest BCUT2D eigenvalue weighted by atomic mass is 9.88. The molecule has 0 spiro atoms. The number of likely N-dealkylation sites (N-methyl/N-ethyl adjacent to an activating group) is 4. The number of ether oxygens (including phenoxy) is 2. The molecule has 8 amide bonds. The van der Waals surface area contributed by atoms with Crippen LogP contribution in [0.2, 0.25) is 0 Å². The number of carbonyl (C=O) groups is 10. The minimum absolute atomic E-state index is 0.182. The van der Waals surface area contributed by atoms with Crippen LogP contribution in [-0.2, 0) is 47.8 Å². The van der Waals surface area contributed by atoms with Gasteiger partial charge in [-0.05, 0) is 74.6 Å². The predicted octanol–water partition coefficient (Wildman–Crippen LogP) is 1.82. The Hall–Kier alpha value is -8.44. The van der Waals surface area contributed by atoms with Gasteiger partial charge in [-0.15, -0.1) is 0 Å². The number of fused-ring (bicyclic) bond motifs is 6. The Balaban J connectivity index is 1.45. The largest absolute Gasteiger partial charge is 0.461 e. The lowest BCUT2D eigenvalue weighted by Gasteiger charge is -2.38. The zero-order valence-electron chi connectivity index (χ0n) is 47.2. The molecule has 4 N–H and O–H groups in total. The molecule has 4 aromatic rings. The highest BCUT2D eigenvalue weighted by atomic mass is 16.5. The monoisotopic (exact) mass is 1100 g/mol. The van der Waals surface area contributed by atoms with E-state index < -0.39 is 133 Å². The molecule has 2 aromatic carbocycles. The van der Waals surface area contributed by atoms with E-state index in [2.05, 4.69) is 41.2 Å². The fourth-order valence-corrected chi connectivity index (χ4v) is 9.36. The van der Waals surface area contributed by atoms with Crippen molar-refractivity contribution in [1.82, 2.24) is 60.8 Å². The molecule has 24 nitrogen and oxygen atoms in total. The van der Waals surface area contributed by atoms with Crippen LogP contribution in [0.3, 0.4) is 0 Å². The van der Waals surface area contributed by atoms with E-state index in [1.54, 1.807) is 62.4 Å². The van der Waals surface area contributed by atoms with Gasteiger partial charge in [0.15, 0.2) is 0 Å². The van der Waals surface area contributed by atoms with E-state index in [0.717, 1.165) is 19.6 Å². The molecule has 10 atom stereocenters. The minimum Gasteiger partial charge on any atom is -0.461 e. The molecular weight excluding hydrogens is 1030 g/mol. The molecule has 80 heavy (non-hydrogen) atoms. The maximum absolute atomic E-state index is 15.1. The summed E-state index contributed by atoms with van der Waals surface area (Å²) in [4.78, 5) is 167. The quantitative estimate of drug-likeness (QED) is 0.145. The first-order valence-electron chi connectivity index (χ1n) is 26.5. The lowest BCUT2D eigenvalue weighted by molar-refractivity contribution is -0.161. The van der Waals surface area contributed by atoms with Crippen LogP contribution in [0.25, 0.3) is 22.1 Å². The van der Waals surface area contributed by atoms with E-state index in [0.29, 0.717) is 22.1 Å². The summed E-state index contributed by atoms with van der Waals surface area (Å²) in [5.74, 6) is -10.5. The van der Waals surface area contributed by atoms with Crippen LogP contribution < -0.4 is 21.3 Å². The third-order valence-electron chi connectivity index (χ3n) is 15.0. The maximum atomic E-state index is 15.1. The maximum Gasteiger partial charge on any atom is 0.329 e. The Bertz CT molecular complexity index is 2840. The predicted molar refractivity (Wildman–Crippen MR) is 291 cm³/mol. The van der Waals surface area contributed by atoms with Crippen molar-refractivity contribution in [2.75, 3.05) is 41.4 Å². The van der Waals surface area contributed by atoms with Gasteiger partial charge in [-0.1, -0.05) is 78.0 Å². The van der Waals surface area contributed by atoms with E-state index in [1.165, 1.54) is 66.6 Å². The van der Waals surface area contributed by atoms with Crippen LogP contribution in [0.4, 0.5) is 0 Å². The Morgan fingerprint density at radius 1 is 0.525 bits per heavy atom. The molecule has 4 heterocycles. The average Bonchev–Trinajstić information content (AvgIpc) is 3.48. The summed E-state index contributed by atoms with van der Waals surface area (Å²) in [6.45, 7) is 11.9. The van der Waals surface area contributed by atoms with Crippen molar-refractivity contribution in [3.8, 4) is 0 Å². The number of hydrogen-bond acceptors (Lipinski definition) is 16. The van der Waals surface area contributed by atoms with Gasteiger partial charge in [0.1, 0.15) is 72.9 Å². The normalized spacial score (nSPS) is 25.1. The van der Waals surface area contributed by atoms with Gasteiger partial charge in [-0.25, -0.2) is 19.6 Å². The molecule has 6 rings (SSSR count). The number of nitrogens with zero attached hydrogens (tertiary/aromatic N) is 8. The van der Waals surface area contributed by atoms with Crippen molar-refractivity contribution in [2.24, 2.45) is 23.7 Å². The second-order valence-corrected chi connectivity index (χ2v) is 21.1. The van der Waals surface area contributed by atoms with Gasteiger partial charge < -0.3 is 50.3 Å². The number of cyclic esters (lactones) is 2. The van der Waals surface area contributed by atoms with Crippen LogP contribution in [0.5, 0.6) is 0 Å². The summed E-state index contributed by atoms with van der Waals surface area (Å²) in [5.41, 5.74) is 1.38. The summed E-state index contributed by atoms with van der Waals surface area (Å²) in [5, 5.41) is 10.3. The first-order valence-corrected chi connectivity index (χ1v) is 26.5. The Morgan fingerprint density at radius 2 is 0.863 bits per heavy atom. The molecule has 428 valence electrons. The van der Waals surface area contributed by atoms with Gasteiger partial charge in [0.25, 0.3) is 11.8 Å². The zero-order valence-corrected chi connectivity index (χ0v) is 47.2. The summed E-state index contributed by atoms with van der Waals surface area (Å²) in [6.07, 6.45) is 5.05. The van der Waals surface area contributed by atoms with Crippen LogP contribution in [-0.4, -0.2) is 188 Å². The van der Waals surface area contributed by atoms with Crippen LogP contribution in [0, 0.1) is 23.7 Å². The molecule has 0 radical (unpaired) electrons. The molecule has 24 heteroatoms. The molecule has 2 aromatic heterocycles. The van der Waals surface area contributed by atoms with Gasteiger partial charge >= 0.3 is 11.9 Å². The van der Waals surface area contributed by atoms with Gasteiger partial charge in [-0.2, -0.15) is 0 Å². The van der Waals surface area contributed by atoms with Gasteiger partial charge in [0.05, 0.1) is 34.5 Å². The molecule has 2 aliphatic heterocycles. The topological polar surface area (TPSA) is 302 Å². The third-order valence-corrected chi connectivity index (χ3v) is 15.0. The van der Waals surface area contributed by atoms with E-state index in [9.17, 15) is 38.4 Å². The van der Waals surface area contributed by atoms with E-state index in [4.69, 9.17) is 9.47 Å². The second kappa shape index (κ2) is 26.5. The zero-order chi connectivity index (χ0) is 58.9. The number of amides is 8. The van der Waals surface area contributed by atoms with Crippen LogP contribution in [0.15, 0.2) is 73.1 Å². The Labute approximate surface area is 464 Å². The molecular formula is C56H72N12O12. The van der Waals surface area contributed by atoms with Gasteiger partial charge in [-0.3, -0.25) is 48.3 Å². The number of esters is 2. The molecule has 0 aliphatic carbocycles. The molecule has 2 aliphatic rings. The van der Waals surface area contributed by atoms with Crippen molar-refractivity contribution in [3.63, 3.8) is 0 Å².